The summed E-state index contributed by atoms with van der Waals surface area (Å²) in [4.78, 5) is 2.99. The highest BCUT2D eigenvalue weighted by Crippen LogP contribution is 2.26. The van der Waals surface area contributed by atoms with E-state index in [1.54, 1.807) is 7.11 Å². The first-order chi connectivity index (χ1) is 5.66. The third-order valence-electron chi connectivity index (χ3n) is 2.02. The molecule has 1 aromatic rings. The first-order valence-electron chi connectivity index (χ1n) is 4.13. The molecule has 0 saturated carbocycles. The van der Waals surface area contributed by atoms with E-state index in [9.17, 15) is 0 Å². The Bertz CT molecular complexity index is 242. The molecule has 68 valence electrons. The van der Waals surface area contributed by atoms with Crippen molar-refractivity contribution >= 4 is 0 Å². The summed E-state index contributed by atoms with van der Waals surface area (Å²) in [5, 5.41) is 0. The summed E-state index contributed by atoms with van der Waals surface area (Å²) in [6.45, 7) is 4.19. The summed E-state index contributed by atoms with van der Waals surface area (Å²) < 4.78 is 5.12. The molecule has 0 aromatic carbocycles. The summed E-state index contributed by atoms with van der Waals surface area (Å²) in [6.07, 6.45) is 1.84. The molecule has 1 heterocycles. The first kappa shape index (κ1) is 9.13. The SMILES string of the molecule is COc1[nH]ccc1C(N)C(C)C. The van der Waals surface area contributed by atoms with Gasteiger partial charge in [-0.2, -0.15) is 0 Å². The molecule has 0 aliphatic rings. The number of methoxy groups -OCH3 is 1. The number of nitrogens with one attached hydrogen (secondary N) is 1. The number of hydrogen-bond donors (Lipinski definition) is 2. The molecule has 0 spiro atoms. The van der Waals surface area contributed by atoms with Gasteiger partial charge in [0.15, 0.2) is 5.88 Å². The van der Waals surface area contributed by atoms with Crippen LogP contribution in [0.4, 0.5) is 0 Å². The van der Waals surface area contributed by atoms with Crippen LogP contribution in [0.3, 0.4) is 0 Å². The molecule has 1 unspecified atom stereocenters. The molecule has 0 fully saturated rings. The fourth-order valence-corrected chi connectivity index (χ4v) is 1.16. The molecule has 3 N–H and O–H groups in total. The quantitative estimate of drug-likeness (QED) is 0.721. The fraction of sp³-hybridized carbons (Fsp3) is 0.556. The lowest BCUT2D eigenvalue weighted by Crippen LogP contribution is -2.16. The maximum absolute atomic E-state index is 5.96. The van der Waals surface area contributed by atoms with E-state index in [-0.39, 0.29) is 6.04 Å². The molecule has 1 aromatic heterocycles. The maximum atomic E-state index is 5.96. The third-order valence-corrected chi connectivity index (χ3v) is 2.02. The van der Waals surface area contributed by atoms with Gasteiger partial charge in [0.2, 0.25) is 0 Å². The second-order valence-corrected chi connectivity index (χ2v) is 3.24. The van der Waals surface area contributed by atoms with Crippen LogP contribution in [0.1, 0.15) is 25.5 Å². The van der Waals surface area contributed by atoms with Gasteiger partial charge in [-0.25, -0.2) is 0 Å². The second-order valence-electron chi connectivity index (χ2n) is 3.24. The molecule has 12 heavy (non-hydrogen) atoms. The Hall–Kier alpha value is -0.960. The number of aromatic amines is 1. The Morgan fingerprint density at radius 3 is 2.67 bits per heavy atom. The Labute approximate surface area is 72.9 Å². The standard InChI is InChI=1S/C9H16N2O/c1-6(2)8(10)7-4-5-11-9(7)12-3/h4-6,8,11H,10H2,1-3H3. The van der Waals surface area contributed by atoms with Crippen LogP contribution in [-0.4, -0.2) is 12.1 Å². The molecule has 0 aliphatic carbocycles. The maximum Gasteiger partial charge on any atom is 0.195 e. The second kappa shape index (κ2) is 3.63. The van der Waals surface area contributed by atoms with E-state index in [4.69, 9.17) is 10.5 Å². The lowest BCUT2D eigenvalue weighted by atomic mass is 9.99. The number of hydrogen-bond acceptors (Lipinski definition) is 2. The van der Waals surface area contributed by atoms with Gasteiger partial charge in [0.1, 0.15) is 0 Å². The van der Waals surface area contributed by atoms with Gasteiger partial charge in [0, 0.05) is 17.8 Å². The number of rotatable bonds is 3. The number of ether oxygens (including phenoxy) is 1. The van der Waals surface area contributed by atoms with Gasteiger partial charge >= 0.3 is 0 Å². The van der Waals surface area contributed by atoms with E-state index in [2.05, 4.69) is 18.8 Å². The first-order valence-corrected chi connectivity index (χ1v) is 4.13. The highest BCUT2D eigenvalue weighted by molar-refractivity contribution is 5.29. The van der Waals surface area contributed by atoms with Crippen molar-refractivity contribution in [3.8, 4) is 5.88 Å². The minimum Gasteiger partial charge on any atom is -0.482 e. The van der Waals surface area contributed by atoms with Crippen LogP contribution in [0.2, 0.25) is 0 Å². The minimum atomic E-state index is 0.0474. The van der Waals surface area contributed by atoms with Gasteiger partial charge in [-0.1, -0.05) is 13.8 Å². The van der Waals surface area contributed by atoms with E-state index < -0.39 is 0 Å². The predicted molar refractivity (Wildman–Crippen MR) is 49.1 cm³/mol. The van der Waals surface area contributed by atoms with E-state index in [1.165, 1.54) is 0 Å². The molecule has 3 heteroatoms. The van der Waals surface area contributed by atoms with Crippen molar-refractivity contribution < 1.29 is 4.74 Å². The largest absolute Gasteiger partial charge is 0.482 e. The lowest BCUT2D eigenvalue weighted by Gasteiger charge is -2.15. The van der Waals surface area contributed by atoms with Crippen LogP contribution in [0.5, 0.6) is 5.88 Å². The Morgan fingerprint density at radius 1 is 1.50 bits per heavy atom. The van der Waals surface area contributed by atoms with E-state index >= 15 is 0 Å². The summed E-state index contributed by atoms with van der Waals surface area (Å²) >= 11 is 0. The van der Waals surface area contributed by atoms with Crippen molar-refractivity contribution in [3.05, 3.63) is 17.8 Å². The summed E-state index contributed by atoms with van der Waals surface area (Å²) in [5.74, 6) is 1.20. The number of aromatic nitrogens is 1. The highest BCUT2D eigenvalue weighted by atomic mass is 16.5. The van der Waals surface area contributed by atoms with Crippen LogP contribution in [0.25, 0.3) is 0 Å². The van der Waals surface area contributed by atoms with Crippen molar-refractivity contribution in [2.24, 2.45) is 11.7 Å². The van der Waals surface area contributed by atoms with E-state index in [1.807, 2.05) is 12.3 Å². The van der Waals surface area contributed by atoms with Crippen LogP contribution in [-0.2, 0) is 0 Å². The van der Waals surface area contributed by atoms with Gasteiger partial charge in [-0.3, -0.25) is 0 Å². The van der Waals surface area contributed by atoms with Gasteiger partial charge in [-0.15, -0.1) is 0 Å². The molecule has 0 saturated heterocycles. The Kier molecular flexibility index (Phi) is 2.76. The average Bonchev–Trinajstić information content (AvgIpc) is 2.49. The normalized spacial score (nSPS) is 13.4. The molecule has 0 aliphatic heterocycles. The van der Waals surface area contributed by atoms with Crippen molar-refractivity contribution in [3.63, 3.8) is 0 Å². The number of H-pyrrole nitrogens is 1. The van der Waals surface area contributed by atoms with Gasteiger partial charge in [0.25, 0.3) is 0 Å². The van der Waals surface area contributed by atoms with Crippen molar-refractivity contribution in [1.82, 2.24) is 4.98 Å². The number of nitrogens with two attached hydrogens (primary N) is 1. The molecule has 1 atom stereocenters. The monoisotopic (exact) mass is 168 g/mol. The topological polar surface area (TPSA) is 51.0 Å². The Morgan fingerprint density at radius 2 is 2.17 bits per heavy atom. The molecule has 1 rings (SSSR count). The van der Waals surface area contributed by atoms with E-state index in [0.717, 1.165) is 11.4 Å². The van der Waals surface area contributed by atoms with Crippen molar-refractivity contribution in [1.29, 1.82) is 0 Å². The van der Waals surface area contributed by atoms with Crippen molar-refractivity contribution in [2.45, 2.75) is 19.9 Å². The van der Waals surface area contributed by atoms with Crippen LogP contribution >= 0.6 is 0 Å². The zero-order valence-corrected chi connectivity index (χ0v) is 7.79. The fourth-order valence-electron chi connectivity index (χ4n) is 1.16. The molecule has 0 amide bonds. The summed E-state index contributed by atoms with van der Waals surface area (Å²) in [7, 11) is 1.64. The molecular formula is C9H16N2O. The minimum absolute atomic E-state index is 0.0474. The molecule has 3 nitrogen and oxygen atoms in total. The molecule has 0 radical (unpaired) electrons. The van der Waals surface area contributed by atoms with Gasteiger partial charge < -0.3 is 15.5 Å². The van der Waals surface area contributed by atoms with Crippen LogP contribution in [0.15, 0.2) is 12.3 Å². The lowest BCUT2D eigenvalue weighted by molar-refractivity contribution is 0.384. The van der Waals surface area contributed by atoms with Gasteiger partial charge in [0.05, 0.1) is 7.11 Å². The van der Waals surface area contributed by atoms with Crippen LogP contribution < -0.4 is 10.5 Å². The predicted octanol–water partition coefficient (Wildman–Crippen LogP) is 1.68. The molecular weight excluding hydrogens is 152 g/mol. The highest BCUT2D eigenvalue weighted by Gasteiger charge is 2.15. The average molecular weight is 168 g/mol. The molecule has 0 bridgehead atoms. The van der Waals surface area contributed by atoms with Gasteiger partial charge in [-0.05, 0) is 12.0 Å². The Balaban J connectivity index is 2.86. The zero-order chi connectivity index (χ0) is 9.14. The summed E-state index contributed by atoms with van der Waals surface area (Å²) in [5.41, 5.74) is 7.01. The van der Waals surface area contributed by atoms with Crippen molar-refractivity contribution in [2.75, 3.05) is 7.11 Å². The smallest absolute Gasteiger partial charge is 0.195 e. The van der Waals surface area contributed by atoms with Crippen LogP contribution in [0, 0.1) is 5.92 Å². The van der Waals surface area contributed by atoms with E-state index in [0.29, 0.717) is 5.92 Å². The zero-order valence-electron chi connectivity index (χ0n) is 7.79. The summed E-state index contributed by atoms with van der Waals surface area (Å²) in [6, 6.07) is 2.01. The third kappa shape index (κ3) is 1.61.